The first-order chi connectivity index (χ1) is 10.0. The first-order valence-corrected chi connectivity index (χ1v) is 7.38. The van der Waals surface area contributed by atoms with Gasteiger partial charge in [-0.15, -0.1) is 0 Å². The Labute approximate surface area is 124 Å². The van der Waals surface area contributed by atoms with Crippen molar-refractivity contribution in [3.05, 3.63) is 5.56 Å². The van der Waals surface area contributed by atoms with Crippen LogP contribution in [0, 0.1) is 0 Å². The Balaban J connectivity index is 2.50. The normalized spacial score (nSPS) is 19.8. The highest BCUT2D eigenvalue weighted by Crippen LogP contribution is 2.33. The number of aromatic nitrogens is 2. The number of aliphatic hydroxyl groups excluding tert-OH is 1. The number of nitrogens with two attached hydrogens (primary N) is 1. The molecule has 1 aliphatic rings. The minimum absolute atomic E-state index is 0.0203. The second-order valence-electron chi connectivity index (χ2n) is 5.45. The van der Waals surface area contributed by atoms with Crippen LogP contribution in [0.1, 0.15) is 49.5 Å². The fraction of sp³-hybridized carbons (Fsp3) is 0.714. The van der Waals surface area contributed by atoms with Crippen molar-refractivity contribution in [3.8, 4) is 0 Å². The first-order valence-electron chi connectivity index (χ1n) is 7.38. The predicted molar refractivity (Wildman–Crippen MR) is 80.4 cm³/mol. The summed E-state index contributed by atoms with van der Waals surface area (Å²) in [5.74, 6) is 0.367. The Morgan fingerprint density at radius 3 is 2.90 bits per heavy atom. The predicted octanol–water partition coefficient (Wildman–Crippen LogP) is 1.18. The number of methoxy groups -OCH3 is 1. The van der Waals surface area contributed by atoms with Crippen LogP contribution in [0.2, 0.25) is 0 Å². The average Bonchev–Trinajstić information content (AvgIpc) is 3.09. The number of hydrogen-bond donors (Lipinski definition) is 2. The average molecular weight is 296 g/mol. The molecule has 3 N–H and O–H groups in total. The van der Waals surface area contributed by atoms with Crippen molar-refractivity contribution in [2.24, 2.45) is 0 Å². The molecular formula is C14H24N4O3. The van der Waals surface area contributed by atoms with Crippen molar-refractivity contribution in [2.75, 3.05) is 30.9 Å². The number of aliphatic hydroxyl groups is 1. The number of carbonyl (C=O) groups is 1. The maximum absolute atomic E-state index is 12.1. The molecule has 7 heteroatoms. The summed E-state index contributed by atoms with van der Waals surface area (Å²) in [6.45, 7) is 4.83. The van der Waals surface area contributed by atoms with Crippen LogP contribution >= 0.6 is 0 Å². The summed E-state index contributed by atoms with van der Waals surface area (Å²) >= 11 is 0. The van der Waals surface area contributed by atoms with Gasteiger partial charge in [-0.1, -0.05) is 6.92 Å². The van der Waals surface area contributed by atoms with E-state index in [0.717, 1.165) is 25.8 Å². The lowest BCUT2D eigenvalue weighted by atomic mass is 10.2. The number of nitrogen functional groups attached to an aromatic ring is 1. The second kappa shape index (κ2) is 6.34. The van der Waals surface area contributed by atoms with Crippen LogP contribution in [0.15, 0.2) is 0 Å². The van der Waals surface area contributed by atoms with E-state index >= 15 is 0 Å². The number of nitrogens with zero attached hydrogens (tertiary/aromatic N) is 3. The molecule has 0 aliphatic carbocycles. The Kier molecular flexibility index (Phi) is 4.72. The third-order valence-electron chi connectivity index (χ3n) is 4.19. The topological polar surface area (TPSA) is 93.6 Å². The zero-order valence-corrected chi connectivity index (χ0v) is 12.9. The minimum Gasteiger partial charge on any atom is -0.465 e. The van der Waals surface area contributed by atoms with Crippen molar-refractivity contribution in [3.63, 3.8) is 0 Å². The van der Waals surface area contributed by atoms with Gasteiger partial charge in [0.2, 0.25) is 0 Å². The van der Waals surface area contributed by atoms with Crippen molar-refractivity contribution in [2.45, 2.75) is 45.2 Å². The first kappa shape index (κ1) is 15.6. The summed E-state index contributed by atoms with van der Waals surface area (Å²) in [4.78, 5) is 14.0. The van der Waals surface area contributed by atoms with E-state index in [2.05, 4.69) is 5.10 Å². The highest BCUT2D eigenvalue weighted by Gasteiger charge is 2.33. The monoisotopic (exact) mass is 296 g/mol. The van der Waals surface area contributed by atoms with Gasteiger partial charge in [0.15, 0.2) is 5.82 Å². The van der Waals surface area contributed by atoms with Crippen LogP contribution in [0.3, 0.4) is 0 Å². The minimum atomic E-state index is -0.486. The van der Waals surface area contributed by atoms with Crippen LogP contribution in [0.5, 0.6) is 0 Å². The molecule has 1 aromatic rings. The molecule has 1 aliphatic heterocycles. The van der Waals surface area contributed by atoms with Gasteiger partial charge in [0.1, 0.15) is 11.4 Å². The zero-order chi connectivity index (χ0) is 15.6. The molecule has 2 rings (SSSR count). The number of esters is 1. The van der Waals surface area contributed by atoms with Gasteiger partial charge in [-0.3, -0.25) is 0 Å². The van der Waals surface area contributed by atoms with Gasteiger partial charge in [-0.05, 0) is 26.2 Å². The molecule has 21 heavy (non-hydrogen) atoms. The summed E-state index contributed by atoms with van der Waals surface area (Å²) in [5, 5.41) is 14.0. The van der Waals surface area contributed by atoms with Crippen LogP contribution in [-0.2, 0) is 4.74 Å². The molecule has 0 spiro atoms. The molecule has 7 nitrogen and oxygen atoms in total. The van der Waals surface area contributed by atoms with Gasteiger partial charge in [-0.2, -0.15) is 5.10 Å². The summed E-state index contributed by atoms with van der Waals surface area (Å²) in [6.07, 6.45) is 2.70. The van der Waals surface area contributed by atoms with Crippen LogP contribution < -0.4 is 10.6 Å². The number of rotatable bonds is 5. The summed E-state index contributed by atoms with van der Waals surface area (Å²) < 4.78 is 6.53. The molecule has 0 amide bonds. The van der Waals surface area contributed by atoms with Gasteiger partial charge in [-0.25, -0.2) is 9.48 Å². The van der Waals surface area contributed by atoms with E-state index in [1.807, 2.05) is 18.7 Å². The Morgan fingerprint density at radius 1 is 1.62 bits per heavy atom. The van der Waals surface area contributed by atoms with Crippen molar-refractivity contribution in [1.29, 1.82) is 0 Å². The number of ether oxygens (including phenoxy) is 1. The quantitative estimate of drug-likeness (QED) is 0.793. The molecule has 118 valence electrons. The van der Waals surface area contributed by atoms with Crippen LogP contribution in [-0.4, -0.2) is 47.2 Å². The summed E-state index contributed by atoms with van der Waals surface area (Å²) in [6, 6.07) is 0.0745. The van der Waals surface area contributed by atoms with Crippen molar-refractivity contribution >= 4 is 17.6 Å². The second-order valence-corrected chi connectivity index (χ2v) is 5.45. The molecule has 2 heterocycles. The van der Waals surface area contributed by atoms with E-state index in [-0.39, 0.29) is 18.7 Å². The van der Waals surface area contributed by atoms with Gasteiger partial charge in [0.25, 0.3) is 0 Å². The maximum atomic E-state index is 12.1. The third-order valence-corrected chi connectivity index (χ3v) is 4.19. The third kappa shape index (κ3) is 2.70. The highest BCUT2D eigenvalue weighted by molar-refractivity contribution is 6.00. The number of carbonyl (C=O) groups excluding carboxylic acids is 1. The van der Waals surface area contributed by atoms with E-state index in [9.17, 15) is 9.90 Å². The summed E-state index contributed by atoms with van der Waals surface area (Å²) in [5.41, 5.74) is 6.43. The Hall–Kier alpha value is -1.76. The molecule has 0 radical (unpaired) electrons. The molecule has 0 bridgehead atoms. The van der Waals surface area contributed by atoms with Gasteiger partial charge in [0.05, 0.1) is 25.8 Å². The molecule has 0 saturated carbocycles. The van der Waals surface area contributed by atoms with Crippen LogP contribution in [0.25, 0.3) is 0 Å². The highest BCUT2D eigenvalue weighted by atomic mass is 16.5. The van der Waals surface area contributed by atoms with Gasteiger partial charge < -0.3 is 20.5 Å². The maximum Gasteiger partial charge on any atom is 0.345 e. The summed E-state index contributed by atoms with van der Waals surface area (Å²) in [7, 11) is 1.33. The van der Waals surface area contributed by atoms with E-state index in [1.54, 1.807) is 4.68 Å². The van der Waals surface area contributed by atoms with Crippen molar-refractivity contribution in [1.82, 2.24) is 9.78 Å². The lowest BCUT2D eigenvalue weighted by Gasteiger charge is -2.23. The Bertz CT molecular complexity index is 515. The molecule has 2 unspecified atom stereocenters. The van der Waals surface area contributed by atoms with Gasteiger partial charge >= 0.3 is 5.97 Å². The fourth-order valence-electron chi connectivity index (χ4n) is 2.75. The standard InChI is InChI=1S/C14H24N4O3/c1-4-9(2)18-12(15)11(14(20)21-3)13(16-18)17-7-5-6-10(17)8-19/h9-10,19H,4-8,15H2,1-3H3. The molecule has 0 aromatic carbocycles. The molecule has 2 atom stereocenters. The van der Waals surface area contributed by atoms with Crippen LogP contribution in [0.4, 0.5) is 11.6 Å². The lowest BCUT2D eigenvalue weighted by Crippen LogP contribution is -2.33. The fourth-order valence-corrected chi connectivity index (χ4v) is 2.75. The lowest BCUT2D eigenvalue weighted by molar-refractivity contribution is 0.0602. The molecule has 1 saturated heterocycles. The molecule has 1 aromatic heterocycles. The van der Waals surface area contributed by atoms with Gasteiger partial charge in [0, 0.05) is 6.54 Å². The molecular weight excluding hydrogens is 272 g/mol. The zero-order valence-electron chi connectivity index (χ0n) is 12.9. The van der Waals surface area contributed by atoms with E-state index in [4.69, 9.17) is 10.5 Å². The smallest absolute Gasteiger partial charge is 0.345 e. The Morgan fingerprint density at radius 2 is 2.33 bits per heavy atom. The number of hydrogen-bond acceptors (Lipinski definition) is 6. The van der Waals surface area contributed by atoms with E-state index in [1.165, 1.54) is 7.11 Å². The van der Waals surface area contributed by atoms with E-state index in [0.29, 0.717) is 17.2 Å². The largest absolute Gasteiger partial charge is 0.465 e. The molecule has 1 fully saturated rings. The number of anilines is 2. The van der Waals surface area contributed by atoms with E-state index < -0.39 is 5.97 Å². The van der Waals surface area contributed by atoms with Crippen molar-refractivity contribution < 1.29 is 14.6 Å². The SMILES string of the molecule is CCC(C)n1nc(N2CCCC2CO)c(C(=O)OC)c1N.